The van der Waals surface area contributed by atoms with E-state index < -0.39 is 17.6 Å². The van der Waals surface area contributed by atoms with Crippen molar-refractivity contribution in [2.75, 3.05) is 10.6 Å². The molecule has 3 aromatic rings. The van der Waals surface area contributed by atoms with Gasteiger partial charge in [-0.15, -0.1) is 0 Å². The van der Waals surface area contributed by atoms with Crippen LogP contribution >= 0.6 is 0 Å². The number of nitrogens with zero attached hydrogens (tertiary/aromatic N) is 2. The molecule has 0 unspecified atom stereocenters. The van der Waals surface area contributed by atoms with Gasteiger partial charge in [-0.3, -0.25) is 4.79 Å². The summed E-state index contributed by atoms with van der Waals surface area (Å²) in [6.07, 6.45) is -3.10. The normalized spacial score (nSPS) is 11.1. The molecule has 3 rings (SSSR count). The van der Waals surface area contributed by atoms with E-state index in [2.05, 4.69) is 20.6 Å². The van der Waals surface area contributed by atoms with E-state index in [1.807, 2.05) is 0 Å². The van der Waals surface area contributed by atoms with Gasteiger partial charge in [0.1, 0.15) is 11.5 Å². The average Bonchev–Trinajstić information content (AvgIpc) is 2.67. The first-order valence-electron chi connectivity index (χ1n) is 8.12. The Morgan fingerprint density at radius 2 is 1.71 bits per heavy atom. The van der Waals surface area contributed by atoms with Crippen molar-refractivity contribution in [3.8, 4) is 0 Å². The molecule has 28 heavy (non-hydrogen) atoms. The molecule has 2 N–H and O–H groups in total. The maximum absolute atomic E-state index is 13.6. The number of benzene rings is 2. The number of aromatic nitrogens is 2. The number of hydrogen-bond donors (Lipinski definition) is 2. The number of nitrogens with one attached hydrogen (secondary N) is 2. The van der Waals surface area contributed by atoms with Crippen LogP contribution in [0.25, 0.3) is 0 Å². The van der Waals surface area contributed by atoms with Gasteiger partial charge in [0.2, 0.25) is 5.95 Å². The fourth-order valence-electron chi connectivity index (χ4n) is 2.32. The Kier molecular flexibility index (Phi) is 5.53. The summed E-state index contributed by atoms with van der Waals surface area (Å²) in [6.45, 7) is 0.122. The van der Waals surface area contributed by atoms with E-state index in [0.717, 1.165) is 24.3 Å². The Labute approximate surface area is 157 Å². The van der Waals surface area contributed by atoms with Crippen molar-refractivity contribution in [1.82, 2.24) is 9.97 Å². The molecule has 0 spiro atoms. The summed E-state index contributed by atoms with van der Waals surface area (Å²) in [5.74, 6) is -0.884. The molecular formula is C19H14F4N4O. The van der Waals surface area contributed by atoms with Gasteiger partial charge in [0.15, 0.2) is 0 Å². The first-order chi connectivity index (χ1) is 13.3. The van der Waals surface area contributed by atoms with E-state index in [-0.39, 0.29) is 29.7 Å². The fourth-order valence-corrected chi connectivity index (χ4v) is 2.32. The summed E-state index contributed by atoms with van der Waals surface area (Å²) in [5.41, 5.74) is -0.207. The van der Waals surface area contributed by atoms with Gasteiger partial charge in [-0.2, -0.15) is 13.2 Å². The Morgan fingerprint density at radius 1 is 1.00 bits per heavy atom. The molecule has 0 saturated carbocycles. The van der Waals surface area contributed by atoms with Crippen LogP contribution in [0.1, 0.15) is 21.6 Å². The van der Waals surface area contributed by atoms with E-state index >= 15 is 0 Å². The third-order valence-corrected chi connectivity index (χ3v) is 3.75. The highest BCUT2D eigenvalue weighted by Crippen LogP contribution is 2.29. The van der Waals surface area contributed by atoms with Gasteiger partial charge in [0.25, 0.3) is 5.91 Å². The van der Waals surface area contributed by atoms with Crippen LogP contribution in [0.2, 0.25) is 0 Å². The van der Waals surface area contributed by atoms with Crippen LogP contribution in [-0.4, -0.2) is 15.9 Å². The highest BCUT2D eigenvalue weighted by Gasteiger charge is 2.30. The van der Waals surface area contributed by atoms with Crippen molar-refractivity contribution in [2.45, 2.75) is 12.7 Å². The number of halogens is 4. The molecule has 1 aromatic heterocycles. The quantitative estimate of drug-likeness (QED) is 0.630. The summed E-state index contributed by atoms with van der Waals surface area (Å²) in [6, 6.07) is 11.6. The summed E-state index contributed by atoms with van der Waals surface area (Å²) in [4.78, 5) is 20.3. The maximum Gasteiger partial charge on any atom is 0.416 e. The lowest BCUT2D eigenvalue weighted by molar-refractivity contribution is -0.137. The zero-order valence-corrected chi connectivity index (χ0v) is 14.3. The first-order valence-corrected chi connectivity index (χ1v) is 8.12. The lowest BCUT2D eigenvalue weighted by Gasteiger charge is -2.09. The van der Waals surface area contributed by atoms with E-state index in [1.54, 1.807) is 18.2 Å². The molecule has 0 atom stereocenters. The molecule has 0 aliphatic carbocycles. The summed E-state index contributed by atoms with van der Waals surface area (Å²) < 4.78 is 51.4. The Bertz CT molecular complexity index is 974. The average molecular weight is 390 g/mol. The molecule has 144 valence electrons. The third-order valence-electron chi connectivity index (χ3n) is 3.75. The van der Waals surface area contributed by atoms with Crippen molar-refractivity contribution in [2.24, 2.45) is 0 Å². The molecule has 2 aromatic carbocycles. The van der Waals surface area contributed by atoms with Crippen molar-refractivity contribution < 1.29 is 22.4 Å². The highest BCUT2D eigenvalue weighted by atomic mass is 19.4. The van der Waals surface area contributed by atoms with E-state index in [4.69, 9.17) is 0 Å². The molecule has 0 aliphatic rings. The highest BCUT2D eigenvalue weighted by molar-refractivity contribution is 6.02. The van der Waals surface area contributed by atoms with Gasteiger partial charge in [0, 0.05) is 24.0 Å². The van der Waals surface area contributed by atoms with Gasteiger partial charge >= 0.3 is 6.18 Å². The molecular weight excluding hydrogens is 376 g/mol. The minimum Gasteiger partial charge on any atom is -0.350 e. The van der Waals surface area contributed by atoms with Crippen molar-refractivity contribution in [3.63, 3.8) is 0 Å². The standard InChI is InChI=1S/C19H14F4N4O/c20-15-4-2-1-3-12(15)11-25-18-24-10-9-16(27-18)17(28)26-14-7-5-13(6-8-14)19(21,22)23/h1-10H,11H2,(H,26,28)(H,24,25,27). The summed E-state index contributed by atoms with van der Waals surface area (Å²) in [5, 5.41) is 5.28. The van der Waals surface area contributed by atoms with E-state index in [1.165, 1.54) is 18.3 Å². The third kappa shape index (κ3) is 4.81. The number of alkyl halides is 3. The van der Waals surface area contributed by atoms with Gasteiger partial charge in [-0.05, 0) is 36.4 Å². The van der Waals surface area contributed by atoms with E-state index in [0.29, 0.717) is 5.56 Å². The van der Waals surface area contributed by atoms with Gasteiger partial charge < -0.3 is 10.6 Å². The van der Waals surface area contributed by atoms with Crippen LogP contribution in [-0.2, 0) is 12.7 Å². The largest absolute Gasteiger partial charge is 0.416 e. The SMILES string of the molecule is O=C(Nc1ccc(C(F)(F)F)cc1)c1ccnc(NCc2ccccc2F)n1. The molecule has 1 amide bonds. The second-order valence-corrected chi connectivity index (χ2v) is 5.74. The second-order valence-electron chi connectivity index (χ2n) is 5.74. The topological polar surface area (TPSA) is 66.9 Å². The predicted octanol–water partition coefficient (Wildman–Crippen LogP) is 4.50. The van der Waals surface area contributed by atoms with Crippen LogP contribution in [0.15, 0.2) is 60.8 Å². The molecule has 5 nitrogen and oxygen atoms in total. The molecule has 0 fully saturated rings. The van der Waals surface area contributed by atoms with Crippen molar-refractivity contribution >= 4 is 17.5 Å². The number of rotatable bonds is 5. The minimum atomic E-state index is -4.45. The maximum atomic E-state index is 13.6. The van der Waals surface area contributed by atoms with Crippen LogP contribution < -0.4 is 10.6 Å². The monoisotopic (exact) mass is 390 g/mol. The molecule has 9 heteroatoms. The summed E-state index contributed by atoms with van der Waals surface area (Å²) >= 11 is 0. The number of amides is 1. The minimum absolute atomic E-state index is 0.00549. The Morgan fingerprint density at radius 3 is 2.39 bits per heavy atom. The van der Waals surface area contributed by atoms with Crippen LogP contribution in [0.4, 0.5) is 29.2 Å². The second kappa shape index (κ2) is 8.03. The van der Waals surface area contributed by atoms with Gasteiger partial charge in [-0.1, -0.05) is 18.2 Å². The zero-order valence-electron chi connectivity index (χ0n) is 14.3. The number of anilines is 2. The molecule has 1 heterocycles. The summed E-state index contributed by atoms with van der Waals surface area (Å²) in [7, 11) is 0. The molecule has 0 radical (unpaired) electrons. The Hall–Kier alpha value is -3.49. The number of carbonyl (C=O) groups excluding carboxylic acids is 1. The van der Waals surface area contributed by atoms with Crippen molar-refractivity contribution in [3.05, 3.63) is 83.4 Å². The molecule has 0 saturated heterocycles. The lowest BCUT2D eigenvalue weighted by Crippen LogP contribution is -2.15. The number of hydrogen-bond acceptors (Lipinski definition) is 4. The predicted molar refractivity (Wildman–Crippen MR) is 95.2 cm³/mol. The van der Waals surface area contributed by atoms with Gasteiger partial charge in [0.05, 0.1) is 5.56 Å². The fraction of sp³-hybridized carbons (Fsp3) is 0.105. The van der Waals surface area contributed by atoms with Crippen molar-refractivity contribution in [1.29, 1.82) is 0 Å². The van der Waals surface area contributed by atoms with E-state index in [9.17, 15) is 22.4 Å². The van der Waals surface area contributed by atoms with Crippen LogP contribution in [0.3, 0.4) is 0 Å². The van der Waals surface area contributed by atoms with Gasteiger partial charge in [-0.25, -0.2) is 14.4 Å². The first kappa shape index (κ1) is 19.3. The van der Waals surface area contributed by atoms with Crippen LogP contribution in [0.5, 0.6) is 0 Å². The number of carbonyl (C=O) groups is 1. The smallest absolute Gasteiger partial charge is 0.350 e. The zero-order chi connectivity index (χ0) is 20.1. The molecule has 0 aliphatic heterocycles. The Balaban J connectivity index is 1.66. The lowest BCUT2D eigenvalue weighted by atomic mass is 10.2. The molecule has 0 bridgehead atoms. The van der Waals surface area contributed by atoms with Crippen LogP contribution in [0, 0.1) is 5.82 Å².